The Morgan fingerprint density at radius 2 is 1.90 bits per heavy atom. The fourth-order valence-corrected chi connectivity index (χ4v) is 1.19. The lowest BCUT2D eigenvalue weighted by Crippen LogP contribution is -2.21. The molecule has 1 N–H and O–H groups in total. The van der Waals surface area contributed by atoms with Crippen molar-refractivity contribution in [2.24, 2.45) is 5.41 Å². The van der Waals surface area contributed by atoms with Crippen LogP contribution in [0.25, 0.3) is 0 Å². The minimum absolute atomic E-state index is 0.0833. The molecule has 0 radical (unpaired) electrons. The summed E-state index contributed by atoms with van der Waals surface area (Å²) in [5, 5.41) is 9.10. The number of rotatable bonds is 1. The van der Waals surface area contributed by atoms with Gasteiger partial charge in [-0.15, -0.1) is 0 Å². The Kier molecular flexibility index (Phi) is 1.77. The van der Waals surface area contributed by atoms with E-state index in [0.717, 1.165) is 0 Å². The first-order chi connectivity index (χ1) is 4.43. The van der Waals surface area contributed by atoms with Gasteiger partial charge in [0.05, 0.1) is 12.2 Å². The van der Waals surface area contributed by atoms with Crippen molar-refractivity contribution < 1.29 is 9.84 Å². The van der Waals surface area contributed by atoms with Gasteiger partial charge >= 0.3 is 0 Å². The van der Waals surface area contributed by atoms with E-state index in [0.29, 0.717) is 0 Å². The number of aliphatic hydroxyl groups is 1. The maximum absolute atomic E-state index is 9.10. The summed E-state index contributed by atoms with van der Waals surface area (Å²) in [6.45, 7) is 8.15. The number of hydrogen-bond acceptors (Lipinski definition) is 2. The molecule has 1 fully saturated rings. The van der Waals surface area contributed by atoms with Crippen molar-refractivity contribution in [1.29, 1.82) is 0 Å². The average Bonchev–Trinajstić information content (AvgIpc) is 2.35. The molecule has 10 heavy (non-hydrogen) atoms. The Hall–Kier alpha value is -0.0800. The van der Waals surface area contributed by atoms with Crippen molar-refractivity contribution >= 4 is 0 Å². The Bertz CT molecular complexity index is 124. The minimum Gasteiger partial charge on any atom is -0.391 e. The van der Waals surface area contributed by atoms with E-state index >= 15 is 0 Å². The third kappa shape index (κ3) is 1.50. The van der Waals surface area contributed by atoms with Gasteiger partial charge in [-0.25, -0.2) is 0 Å². The third-order valence-corrected chi connectivity index (χ3v) is 1.85. The predicted octanol–water partition coefficient (Wildman–Crippen LogP) is 1.18. The molecule has 0 amide bonds. The SMILES string of the molecule is C[C@H](O)[C@H]1O[C@H]1C(C)(C)C. The molecule has 0 aromatic heterocycles. The van der Waals surface area contributed by atoms with Crippen LogP contribution in [0.1, 0.15) is 27.7 Å². The van der Waals surface area contributed by atoms with Gasteiger partial charge in [-0.1, -0.05) is 20.8 Å². The Labute approximate surface area is 62.2 Å². The van der Waals surface area contributed by atoms with E-state index in [1.54, 1.807) is 6.92 Å². The van der Waals surface area contributed by atoms with E-state index < -0.39 is 0 Å². The van der Waals surface area contributed by atoms with Crippen LogP contribution in [0.5, 0.6) is 0 Å². The summed E-state index contributed by atoms with van der Waals surface area (Å²) >= 11 is 0. The molecule has 0 bridgehead atoms. The van der Waals surface area contributed by atoms with Crippen molar-refractivity contribution in [2.75, 3.05) is 0 Å². The molecule has 1 saturated heterocycles. The quantitative estimate of drug-likeness (QED) is 0.560. The highest BCUT2D eigenvalue weighted by Crippen LogP contribution is 2.39. The fraction of sp³-hybridized carbons (Fsp3) is 1.00. The number of epoxide rings is 1. The van der Waals surface area contributed by atoms with E-state index in [1.165, 1.54) is 0 Å². The molecular formula is C8H16O2. The normalized spacial score (nSPS) is 35.7. The summed E-state index contributed by atoms with van der Waals surface area (Å²) in [6, 6.07) is 0. The van der Waals surface area contributed by atoms with E-state index in [4.69, 9.17) is 9.84 Å². The summed E-state index contributed by atoms with van der Waals surface area (Å²) in [6.07, 6.45) is 0.0247. The van der Waals surface area contributed by atoms with E-state index in [2.05, 4.69) is 20.8 Å². The number of hydrogen-bond donors (Lipinski definition) is 1. The molecule has 0 spiro atoms. The van der Waals surface area contributed by atoms with E-state index in [1.807, 2.05) is 0 Å². The van der Waals surface area contributed by atoms with Gasteiger partial charge in [-0.3, -0.25) is 0 Å². The zero-order valence-electron chi connectivity index (χ0n) is 7.09. The summed E-state index contributed by atoms with van der Waals surface area (Å²) < 4.78 is 5.29. The van der Waals surface area contributed by atoms with Crippen molar-refractivity contribution in [3.05, 3.63) is 0 Å². The van der Waals surface area contributed by atoms with Gasteiger partial charge in [0, 0.05) is 0 Å². The van der Waals surface area contributed by atoms with Crippen LogP contribution in [0.4, 0.5) is 0 Å². The largest absolute Gasteiger partial charge is 0.391 e. The second-order valence-corrected chi connectivity index (χ2v) is 4.13. The molecule has 0 unspecified atom stereocenters. The van der Waals surface area contributed by atoms with Crippen LogP contribution in [0.3, 0.4) is 0 Å². The minimum atomic E-state index is -0.316. The van der Waals surface area contributed by atoms with Crippen LogP contribution < -0.4 is 0 Å². The van der Waals surface area contributed by atoms with Gasteiger partial charge < -0.3 is 9.84 Å². The number of aliphatic hydroxyl groups excluding tert-OH is 1. The highest BCUT2D eigenvalue weighted by Gasteiger charge is 2.49. The molecule has 1 rings (SSSR count). The van der Waals surface area contributed by atoms with Gasteiger partial charge in [0.25, 0.3) is 0 Å². The van der Waals surface area contributed by atoms with Crippen LogP contribution in [0.15, 0.2) is 0 Å². The van der Waals surface area contributed by atoms with Crippen molar-refractivity contribution in [1.82, 2.24) is 0 Å². The lowest BCUT2D eigenvalue weighted by atomic mass is 9.89. The molecule has 0 saturated carbocycles. The summed E-state index contributed by atoms with van der Waals surface area (Å²) in [4.78, 5) is 0. The molecule has 60 valence electrons. The summed E-state index contributed by atoms with van der Waals surface area (Å²) in [7, 11) is 0. The molecule has 3 atom stereocenters. The molecule has 0 aliphatic carbocycles. The molecule has 2 heteroatoms. The first kappa shape index (κ1) is 8.02. The van der Waals surface area contributed by atoms with Gasteiger partial charge in [0.2, 0.25) is 0 Å². The first-order valence-electron chi connectivity index (χ1n) is 3.76. The van der Waals surface area contributed by atoms with Gasteiger partial charge in [-0.2, -0.15) is 0 Å². The Morgan fingerprint density at radius 1 is 1.40 bits per heavy atom. The highest BCUT2D eigenvalue weighted by atomic mass is 16.6. The lowest BCUT2D eigenvalue weighted by Gasteiger charge is -2.14. The molecule has 1 aliphatic heterocycles. The summed E-state index contributed by atoms with van der Waals surface area (Å²) in [5.41, 5.74) is 0.182. The third-order valence-electron chi connectivity index (χ3n) is 1.85. The monoisotopic (exact) mass is 144 g/mol. The van der Waals surface area contributed by atoms with Gasteiger partial charge in [0.15, 0.2) is 0 Å². The van der Waals surface area contributed by atoms with Crippen LogP contribution in [-0.4, -0.2) is 23.4 Å². The smallest absolute Gasteiger partial charge is 0.110 e. The fourth-order valence-electron chi connectivity index (χ4n) is 1.19. The molecule has 1 aliphatic rings. The van der Waals surface area contributed by atoms with Crippen LogP contribution >= 0.6 is 0 Å². The Balaban J connectivity index is 2.39. The predicted molar refractivity (Wildman–Crippen MR) is 39.8 cm³/mol. The number of ether oxygens (including phenoxy) is 1. The van der Waals surface area contributed by atoms with E-state index in [-0.39, 0.29) is 23.7 Å². The zero-order valence-corrected chi connectivity index (χ0v) is 7.09. The van der Waals surface area contributed by atoms with Crippen LogP contribution in [-0.2, 0) is 4.74 Å². The standard InChI is InChI=1S/C8H16O2/c1-5(9)6-7(10-6)8(2,3)4/h5-7,9H,1-4H3/t5-,6+,7+/m0/s1. The molecular weight excluding hydrogens is 128 g/mol. The lowest BCUT2D eigenvalue weighted by molar-refractivity contribution is 0.152. The maximum atomic E-state index is 9.10. The van der Waals surface area contributed by atoms with Crippen LogP contribution in [0, 0.1) is 5.41 Å². The van der Waals surface area contributed by atoms with Crippen molar-refractivity contribution in [3.8, 4) is 0 Å². The topological polar surface area (TPSA) is 32.8 Å². The van der Waals surface area contributed by atoms with Crippen molar-refractivity contribution in [2.45, 2.75) is 46.0 Å². The van der Waals surface area contributed by atoms with Crippen molar-refractivity contribution in [3.63, 3.8) is 0 Å². The second kappa shape index (κ2) is 2.21. The second-order valence-electron chi connectivity index (χ2n) is 4.13. The summed E-state index contributed by atoms with van der Waals surface area (Å²) in [5.74, 6) is 0. The van der Waals surface area contributed by atoms with E-state index in [9.17, 15) is 0 Å². The molecule has 2 nitrogen and oxygen atoms in total. The molecule has 1 heterocycles. The first-order valence-corrected chi connectivity index (χ1v) is 3.76. The highest BCUT2D eigenvalue weighted by molar-refractivity contribution is 4.96. The Morgan fingerprint density at radius 3 is 2.00 bits per heavy atom. The molecule has 0 aromatic rings. The van der Waals surface area contributed by atoms with Gasteiger partial charge in [-0.05, 0) is 12.3 Å². The average molecular weight is 144 g/mol. The van der Waals surface area contributed by atoms with Gasteiger partial charge in [0.1, 0.15) is 6.10 Å². The zero-order chi connectivity index (χ0) is 7.94. The molecule has 0 aromatic carbocycles. The maximum Gasteiger partial charge on any atom is 0.110 e. The van der Waals surface area contributed by atoms with Crippen LogP contribution in [0.2, 0.25) is 0 Å².